The molecule has 0 aliphatic carbocycles. The standard InChI is InChI=1S/C21H18BrN3O4S/c22-14-8-9-18(23-11-14)25-19(26)10-17(21(28)29)30-12-20(27)24-16-7-3-5-13-4-1-2-6-15(13)16/h1-9,11,17H,10,12H2,(H,24,27)(H,28,29)(H,23,25,26). The number of fused-ring (bicyclic) bond motifs is 1. The number of amides is 2. The minimum Gasteiger partial charge on any atom is -0.480 e. The van der Waals surface area contributed by atoms with Gasteiger partial charge in [0.15, 0.2) is 0 Å². The summed E-state index contributed by atoms with van der Waals surface area (Å²) in [5, 5.41) is 15.6. The predicted octanol–water partition coefficient (Wildman–Crippen LogP) is 4.15. The molecule has 0 aliphatic rings. The summed E-state index contributed by atoms with van der Waals surface area (Å²) in [6, 6.07) is 16.5. The average molecular weight is 488 g/mol. The van der Waals surface area contributed by atoms with E-state index in [1.165, 1.54) is 6.20 Å². The van der Waals surface area contributed by atoms with Crippen LogP contribution >= 0.6 is 27.7 Å². The number of benzene rings is 2. The van der Waals surface area contributed by atoms with E-state index >= 15 is 0 Å². The maximum Gasteiger partial charge on any atom is 0.317 e. The summed E-state index contributed by atoms with van der Waals surface area (Å²) in [7, 11) is 0. The molecule has 1 aromatic heterocycles. The summed E-state index contributed by atoms with van der Waals surface area (Å²) in [5.74, 6) is -1.75. The van der Waals surface area contributed by atoms with E-state index in [9.17, 15) is 19.5 Å². The number of pyridine rings is 1. The molecule has 1 unspecified atom stereocenters. The van der Waals surface area contributed by atoms with Crippen molar-refractivity contribution in [3.05, 3.63) is 65.3 Å². The number of rotatable bonds is 8. The Balaban J connectivity index is 1.56. The molecule has 7 nitrogen and oxygen atoms in total. The monoisotopic (exact) mass is 487 g/mol. The molecule has 0 saturated carbocycles. The number of aromatic nitrogens is 1. The smallest absolute Gasteiger partial charge is 0.317 e. The normalized spacial score (nSPS) is 11.6. The first-order valence-electron chi connectivity index (χ1n) is 8.96. The molecule has 2 aromatic carbocycles. The molecule has 3 aromatic rings. The van der Waals surface area contributed by atoms with Gasteiger partial charge in [0.05, 0.1) is 5.75 Å². The first-order chi connectivity index (χ1) is 14.4. The molecule has 3 rings (SSSR count). The fraction of sp³-hybridized carbons (Fsp3) is 0.143. The molecule has 30 heavy (non-hydrogen) atoms. The molecule has 2 amide bonds. The van der Waals surface area contributed by atoms with Crippen LogP contribution in [0.3, 0.4) is 0 Å². The van der Waals surface area contributed by atoms with Gasteiger partial charge in [0.2, 0.25) is 11.8 Å². The van der Waals surface area contributed by atoms with Crippen LogP contribution in [0.1, 0.15) is 6.42 Å². The number of hydrogen-bond donors (Lipinski definition) is 3. The van der Waals surface area contributed by atoms with Gasteiger partial charge in [-0.2, -0.15) is 0 Å². The van der Waals surface area contributed by atoms with E-state index in [0.717, 1.165) is 27.0 Å². The van der Waals surface area contributed by atoms with Gasteiger partial charge in [-0.3, -0.25) is 14.4 Å². The Morgan fingerprint density at radius 1 is 1.00 bits per heavy atom. The van der Waals surface area contributed by atoms with Gasteiger partial charge >= 0.3 is 5.97 Å². The van der Waals surface area contributed by atoms with Gasteiger partial charge in [0.1, 0.15) is 11.1 Å². The molecule has 1 heterocycles. The van der Waals surface area contributed by atoms with E-state index in [2.05, 4.69) is 31.5 Å². The van der Waals surface area contributed by atoms with Gasteiger partial charge in [0.25, 0.3) is 0 Å². The van der Waals surface area contributed by atoms with Crippen molar-refractivity contribution in [2.75, 3.05) is 16.4 Å². The van der Waals surface area contributed by atoms with Gasteiger partial charge in [-0.25, -0.2) is 4.98 Å². The third-order valence-electron chi connectivity index (χ3n) is 4.12. The molecule has 0 aliphatic heterocycles. The van der Waals surface area contributed by atoms with E-state index in [4.69, 9.17) is 0 Å². The summed E-state index contributed by atoms with van der Waals surface area (Å²) in [4.78, 5) is 40.0. The van der Waals surface area contributed by atoms with E-state index in [1.54, 1.807) is 18.2 Å². The summed E-state index contributed by atoms with van der Waals surface area (Å²) in [6.45, 7) is 0. The van der Waals surface area contributed by atoms with Gasteiger partial charge in [0, 0.05) is 28.2 Å². The van der Waals surface area contributed by atoms with Crippen LogP contribution in [0.25, 0.3) is 10.8 Å². The first kappa shape index (κ1) is 21.8. The van der Waals surface area contributed by atoms with E-state index in [-0.39, 0.29) is 18.1 Å². The predicted molar refractivity (Wildman–Crippen MR) is 122 cm³/mol. The molecule has 9 heteroatoms. The molecule has 0 radical (unpaired) electrons. The molecule has 0 saturated heterocycles. The van der Waals surface area contributed by atoms with Crippen molar-refractivity contribution in [3.8, 4) is 0 Å². The number of nitrogens with zero attached hydrogens (tertiary/aromatic N) is 1. The minimum absolute atomic E-state index is 0.0933. The Bertz CT molecular complexity index is 1070. The number of thioether (sulfide) groups is 1. The molecular weight excluding hydrogens is 470 g/mol. The zero-order valence-electron chi connectivity index (χ0n) is 15.7. The number of anilines is 2. The van der Waals surface area contributed by atoms with Gasteiger partial charge in [-0.1, -0.05) is 36.4 Å². The lowest BCUT2D eigenvalue weighted by Crippen LogP contribution is -2.26. The topological polar surface area (TPSA) is 108 Å². The van der Waals surface area contributed by atoms with Crippen LogP contribution in [0.15, 0.2) is 65.3 Å². The Kier molecular flexibility index (Phi) is 7.42. The first-order valence-corrected chi connectivity index (χ1v) is 10.8. The lowest BCUT2D eigenvalue weighted by molar-refractivity contribution is -0.137. The van der Waals surface area contributed by atoms with Crippen molar-refractivity contribution in [3.63, 3.8) is 0 Å². The highest BCUT2D eigenvalue weighted by Gasteiger charge is 2.23. The number of carbonyl (C=O) groups is 3. The SMILES string of the molecule is O=C(CC(SCC(=O)Nc1cccc2ccccc12)C(=O)O)Nc1ccc(Br)cn1. The van der Waals surface area contributed by atoms with Crippen molar-refractivity contribution in [1.29, 1.82) is 0 Å². The van der Waals surface area contributed by atoms with Crippen LogP contribution in [-0.2, 0) is 14.4 Å². The van der Waals surface area contributed by atoms with Crippen molar-refractivity contribution in [1.82, 2.24) is 4.98 Å². The van der Waals surface area contributed by atoms with Crippen molar-refractivity contribution in [2.45, 2.75) is 11.7 Å². The second-order valence-electron chi connectivity index (χ2n) is 6.33. The molecule has 1 atom stereocenters. The summed E-state index contributed by atoms with van der Waals surface area (Å²) in [5.41, 5.74) is 0.657. The number of aliphatic carboxylic acids is 1. The van der Waals surface area contributed by atoms with Crippen molar-refractivity contribution < 1.29 is 19.5 Å². The molecule has 0 fully saturated rings. The Labute approximate surface area is 185 Å². The molecular formula is C21H18BrN3O4S. The van der Waals surface area contributed by atoms with Crippen LogP contribution in [0.5, 0.6) is 0 Å². The molecule has 3 N–H and O–H groups in total. The maximum atomic E-state index is 12.4. The van der Waals surface area contributed by atoms with Crippen molar-refractivity contribution >= 4 is 67.8 Å². The zero-order chi connectivity index (χ0) is 21.5. The molecule has 154 valence electrons. The Morgan fingerprint density at radius 3 is 2.50 bits per heavy atom. The average Bonchev–Trinajstić information content (AvgIpc) is 2.73. The number of nitrogens with one attached hydrogen (secondary N) is 2. The summed E-state index contributed by atoms with van der Waals surface area (Å²) < 4.78 is 0.761. The van der Waals surface area contributed by atoms with Crippen LogP contribution in [0.4, 0.5) is 11.5 Å². The number of carbonyl (C=O) groups excluding carboxylic acids is 2. The second-order valence-corrected chi connectivity index (χ2v) is 8.43. The van der Waals surface area contributed by atoms with Crippen LogP contribution in [0, 0.1) is 0 Å². The van der Waals surface area contributed by atoms with E-state index in [1.807, 2.05) is 36.4 Å². The van der Waals surface area contributed by atoms with Crippen LogP contribution in [0.2, 0.25) is 0 Å². The second kappa shape index (κ2) is 10.2. The lowest BCUT2D eigenvalue weighted by Gasteiger charge is -2.13. The number of carboxylic acid groups (broad SMARTS) is 1. The van der Waals surface area contributed by atoms with E-state index in [0.29, 0.717) is 11.5 Å². The zero-order valence-corrected chi connectivity index (χ0v) is 18.1. The van der Waals surface area contributed by atoms with Crippen molar-refractivity contribution in [2.24, 2.45) is 0 Å². The van der Waals surface area contributed by atoms with Crippen LogP contribution < -0.4 is 10.6 Å². The Morgan fingerprint density at radius 2 is 1.77 bits per heavy atom. The third kappa shape index (κ3) is 6.04. The highest BCUT2D eigenvalue weighted by atomic mass is 79.9. The lowest BCUT2D eigenvalue weighted by atomic mass is 10.1. The van der Waals surface area contributed by atoms with Gasteiger partial charge in [-0.05, 0) is 39.5 Å². The molecule has 0 spiro atoms. The maximum absolute atomic E-state index is 12.4. The highest BCUT2D eigenvalue weighted by Crippen LogP contribution is 2.24. The number of carboxylic acids is 1. The summed E-state index contributed by atoms with van der Waals surface area (Å²) in [6.07, 6.45) is 1.25. The minimum atomic E-state index is -1.16. The summed E-state index contributed by atoms with van der Waals surface area (Å²) >= 11 is 4.15. The van der Waals surface area contributed by atoms with Crippen LogP contribution in [-0.4, -0.2) is 38.9 Å². The Hall–Kier alpha value is -2.91. The number of halogens is 1. The largest absolute Gasteiger partial charge is 0.480 e. The van der Waals surface area contributed by atoms with E-state index < -0.39 is 17.1 Å². The fourth-order valence-corrected chi connectivity index (χ4v) is 3.80. The number of hydrogen-bond acceptors (Lipinski definition) is 5. The quantitative estimate of drug-likeness (QED) is 0.440. The fourth-order valence-electron chi connectivity index (χ4n) is 2.73. The highest BCUT2D eigenvalue weighted by molar-refractivity contribution is 9.10. The third-order valence-corrected chi connectivity index (χ3v) is 5.79. The molecule has 0 bridgehead atoms. The van der Waals surface area contributed by atoms with Gasteiger partial charge in [-0.15, -0.1) is 11.8 Å². The van der Waals surface area contributed by atoms with Gasteiger partial charge < -0.3 is 15.7 Å².